The lowest BCUT2D eigenvalue weighted by Crippen LogP contribution is -2.06. The molecule has 2 heterocycles. The van der Waals surface area contributed by atoms with E-state index >= 15 is 0 Å². The molecule has 0 amide bonds. The summed E-state index contributed by atoms with van der Waals surface area (Å²) in [6, 6.07) is 18.4. The largest absolute Gasteiger partial charge is 0.493 e. The summed E-state index contributed by atoms with van der Waals surface area (Å²) in [5.74, 6) is 1.14. The van der Waals surface area contributed by atoms with Gasteiger partial charge in [-0.25, -0.2) is 4.79 Å². The van der Waals surface area contributed by atoms with Crippen molar-refractivity contribution >= 4 is 17.3 Å². The standard InChI is InChI=1S/C22H18N2O5S/c1-26-18-12-16(9-10-17(18)27-13-15-6-3-2-4-7-15)22(25)28-14-20-23-21(24-29-20)19-8-5-11-30-19/h2-12H,13-14H2,1H3. The fourth-order valence-electron chi connectivity index (χ4n) is 2.68. The number of aromatic nitrogens is 2. The summed E-state index contributed by atoms with van der Waals surface area (Å²) in [4.78, 5) is 17.5. The maximum absolute atomic E-state index is 12.4. The van der Waals surface area contributed by atoms with Crippen LogP contribution >= 0.6 is 11.3 Å². The Balaban J connectivity index is 1.38. The van der Waals surface area contributed by atoms with Crippen LogP contribution in [-0.4, -0.2) is 23.2 Å². The molecule has 0 fully saturated rings. The minimum absolute atomic E-state index is 0.119. The third-order valence-corrected chi connectivity index (χ3v) is 5.04. The summed E-state index contributed by atoms with van der Waals surface area (Å²) < 4.78 is 21.6. The molecule has 152 valence electrons. The van der Waals surface area contributed by atoms with Crippen molar-refractivity contribution in [2.45, 2.75) is 13.2 Å². The quantitative estimate of drug-likeness (QED) is 0.379. The van der Waals surface area contributed by atoms with Crippen LogP contribution in [0.3, 0.4) is 0 Å². The molecule has 4 rings (SSSR count). The Bertz CT molecular complexity index is 1110. The molecule has 0 atom stereocenters. The molecule has 0 aliphatic rings. The summed E-state index contributed by atoms with van der Waals surface area (Å²) in [5, 5.41) is 5.81. The van der Waals surface area contributed by atoms with Gasteiger partial charge in [0.15, 0.2) is 18.1 Å². The van der Waals surface area contributed by atoms with Crippen molar-refractivity contribution in [1.29, 1.82) is 0 Å². The maximum Gasteiger partial charge on any atom is 0.338 e. The Morgan fingerprint density at radius 2 is 1.90 bits per heavy atom. The molecule has 0 spiro atoms. The highest BCUT2D eigenvalue weighted by Crippen LogP contribution is 2.29. The van der Waals surface area contributed by atoms with Crippen LogP contribution in [0.4, 0.5) is 0 Å². The summed E-state index contributed by atoms with van der Waals surface area (Å²) in [6.45, 7) is 0.274. The Morgan fingerprint density at radius 3 is 2.67 bits per heavy atom. The number of benzene rings is 2. The molecule has 4 aromatic rings. The first-order chi connectivity index (χ1) is 14.7. The first-order valence-electron chi connectivity index (χ1n) is 9.11. The van der Waals surface area contributed by atoms with E-state index in [0.29, 0.717) is 29.5 Å². The van der Waals surface area contributed by atoms with E-state index in [1.807, 2.05) is 47.8 Å². The number of hydrogen-bond acceptors (Lipinski definition) is 8. The number of methoxy groups -OCH3 is 1. The highest BCUT2D eigenvalue weighted by molar-refractivity contribution is 7.13. The maximum atomic E-state index is 12.4. The highest BCUT2D eigenvalue weighted by atomic mass is 32.1. The van der Waals surface area contributed by atoms with Crippen molar-refractivity contribution in [1.82, 2.24) is 10.1 Å². The monoisotopic (exact) mass is 422 g/mol. The van der Waals surface area contributed by atoms with Crippen molar-refractivity contribution < 1.29 is 23.5 Å². The first kappa shape index (κ1) is 19.7. The molecular weight excluding hydrogens is 404 g/mol. The van der Waals surface area contributed by atoms with Gasteiger partial charge < -0.3 is 18.7 Å². The van der Waals surface area contributed by atoms with Crippen molar-refractivity contribution in [3.8, 4) is 22.2 Å². The number of esters is 1. The van der Waals surface area contributed by atoms with E-state index in [2.05, 4.69) is 10.1 Å². The zero-order valence-electron chi connectivity index (χ0n) is 16.1. The molecule has 2 aromatic carbocycles. The molecule has 30 heavy (non-hydrogen) atoms. The average molecular weight is 422 g/mol. The molecular formula is C22H18N2O5S. The zero-order valence-corrected chi connectivity index (χ0v) is 16.9. The number of nitrogens with zero attached hydrogens (tertiary/aromatic N) is 2. The normalized spacial score (nSPS) is 10.6. The molecule has 0 saturated carbocycles. The van der Waals surface area contributed by atoms with Gasteiger partial charge in [-0.3, -0.25) is 0 Å². The number of carbonyl (C=O) groups excluding carboxylic acids is 1. The van der Waals surface area contributed by atoms with Crippen LogP contribution in [0.15, 0.2) is 70.6 Å². The number of hydrogen-bond donors (Lipinski definition) is 0. The average Bonchev–Trinajstić information content (AvgIpc) is 3.48. The van der Waals surface area contributed by atoms with Crippen LogP contribution < -0.4 is 9.47 Å². The van der Waals surface area contributed by atoms with E-state index in [1.165, 1.54) is 18.4 Å². The van der Waals surface area contributed by atoms with Gasteiger partial charge in [0.1, 0.15) is 6.61 Å². The topological polar surface area (TPSA) is 83.7 Å². The number of carbonyl (C=O) groups is 1. The Kier molecular flexibility index (Phi) is 6.05. The van der Waals surface area contributed by atoms with E-state index in [0.717, 1.165) is 10.4 Å². The second-order valence-corrected chi connectivity index (χ2v) is 7.15. The Labute approximate surface area is 176 Å². The van der Waals surface area contributed by atoms with E-state index in [-0.39, 0.29) is 12.5 Å². The fourth-order valence-corrected chi connectivity index (χ4v) is 3.33. The van der Waals surface area contributed by atoms with E-state index in [4.69, 9.17) is 18.7 Å². The van der Waals surface area contributed by atoms with Gasteiger partial charge in [0.25, 0.3) is 5.89 Å². The smallest absolute Gasteiger partial charge is 0.338 e. The molecule has 0 radical (unpaired) electrons. The van der Waals surface area contributed by atoms with Crippen molar-refractivity contribution in [2.75, 3.05) is 7.11 Å². The van der Waals surface area contributed by atoms with Gasteiger partial charge in [0, 0.05) is 0 Å². The summed E-state index contributed by atoms with van der Waals surface area (Å²) >= 11 is 1.50. The SMILES string of the molecule is COc1cc(C(=O)OCc2nc(-c3cccs3)no2)ccc1OCc1ccccc1. The third kappa shape index (κ3) is 4.66. The van der Waals surface area contributed by atoms with E-state index in [9.17, 15) is 4.79 Å². The summed E-state index contributed by atoms with van der Waals surface area (Å²) in [6.07, 6.45) is 0. The minimum atomic E-state index is -0.529. The number of ether oxygens (including phenoxy) is 3. The van der Waals surface area contributed by atoms with Crippen LogP contribution in [0.2, 0.25) is 0 Å². The lowest BCUT2D eigenvalue weighted by atomic mass is 10.2. The molecule has 7 nitrogen and oxygen atoms in total. The van der Waals surface area contributed by atoms with Gasteiger partial charge in [-0.15, -0.1) is 11.3 Å². The molecule has 0 bridgehead atoms. The van der Waals surface area contributed by atoms with Gasteiger partial charge >= 0.3 is 5.97 Å². The molecule has 2 aromatic heterocycles. The Morgan fingerprint density at radius 1 is 1.03 bits per heavy atom. The molecule has 0 aliphatic heterocycles. The van der Waals surface area contributed by atoms with Gasteiger partial charge in [0.05, 0.1) is 17.6 Å². The van der Waals surface area contributed by atoms with Crippen LogP contribution in [0, 0.1) is 0 Å². The second-order valence-electron chi connectivity index (χ2n) is 6.21. The highest BCUT2D eigenvalue weighted by Gasteiger charge is 2.15. The second kappa shape index (κ2) is 9.23. The van der Waals surface area contributed by atoms with Gasteiger partial charge in [0.2, 0.25) is 5.82 Å². The van der Waals surface area contributed by atoms with Gasteiger partial charge in [-0.1, -0.05) is 41.6 Å². The van der Waals surface area contributed by atoms with Gasteiger partial charge in [-0.2, -0.15) is 4.98 Å². The third-order valence-electron chi connectivity index (χ3n) is 4.17. The molecule has 8 heteroatoms. The lowest BCUT2D eigenvalue weighted by molar-refractivity contribution is 0.0429. The predicted octanol–water partition coefficient (Wildman–Crippen LogP) is 4.74. The minimum Gasteiger partial charge on any atom is -0.493 e. The van der Waals surface area contributed by atoms with Crippen LogP contribution in [-0.2, 0) is 18.0 Å². The summed E-state index contributed by atoms with van der Waals surface area (Å²) in [5.41, 5.74) is 1.36. The lowest BCUT2D eigenvalue weighted by Gasteiger charge is -2.12. The number of rotatable bonds is 8. The van der Waals surface area contributed by atoms with E-state index in [1.54, 1.807) is 18.2 Å². The van der Waals surface area contributed by atoms with Crippen molar-refractivity contribution in [2.24, 2.45) is 0 Å². The van der Waals surface area contributed by atoms with Crippen LogP contribution in [0.1, 0.15) is 21.8 Å². The molecule has 0 unspecified atom stereocenters. The molecule has 0 aliphatic carbocycles. The molecule has 0 saturated heterocycles. The van der Waals surface area contributed by atoms with Gasteiger partial charge in [-0.05, 0) is 35.2 Å². The zero-order chi connectivity index (χ0) is 20.8. The first-order valence-corrected chi connectivity index (χ1v) is 9.99. The van der Waals surface area contributed by atoms with Crippen molar-refractivity contribution in [3.05, 3.63) is 83.1 Å². The van der Waals surface area contributed by atoms with Crippen LogP contribution in [0.25, 0.3) is 10.7 Å². The van der Waals surface area contributed by atoms with E-state index < -0.39 is 5.97 Å². The van der Waals surface area contributed by atoms with Crippen LogP contribution in [0.5, 0.6) is 11.5 Å². The fraction of sp³-hybridized carbons (Fsp3) is 0.136. The Hall–Kier alpha value is -3.65. The summed E-state index contributed by atoms with van der Waals surface area (Å²) in [7, 11) is 1.52. The number of thiophene rings is 1. The molecule has 0 N–H and O–H groups in total. The predicted molar refractivity (Wildman–Crippen MR) is 110 cm³/mol. The van der Waals surface area contributed by atoms with Crippen molar-refractivity contribution in [3.63, 3.8) is 0 Å².